The van der Waals surface area contributed by atoms with Gasteiger partial charge in [-0.3, -0.25) is 4.79 Å². The number of likely N-dealkylation sites (tertiary alicyclic amines) is 1. The third kappa shape index (κ3) is 4.43. The first-order chi connectivity index (χ1) is 15.6. The Bertz CT molecular complexity index is 1080. The van der Waals surface area contributed by atoms with Crippen LogP contribution >= 0.6 is 0 Å². The van der Waals surface area contributed by atoms with Crippen molar-refractivity contribution in [3.8, 4) is 11.3 Å². The van der Waals surface area contributed by atoms with E-state index in [1.807, 2.05) is 6.20 Å². The second-order valence-corrected chi connectivity index (χ2v) is 9.56. The quantitative estimate of drug-likeness (QED) is 0.683. The highest BCUT2D eigenvalue weighted by Gasteiger charge is 2.33. The van der Waals surface area contributed by atoms with Gasteiger partial charge in [0.15, 0.2) is 0 Å². The molecule has 3 heterocycles. The molecule has 1 unspecified atom stereocenters. The molecule has 0 radical (unpaired) electrons. The van der Waals surface area contributed by atoms with E-state index in [0.29, 0.717) is 12.3 Å². The summed E-state index contributed by atoms with van der Waals surface area (Å²) in [7, 11) is 4.29. The summed E-state index contributed by atoms with van der Waals surface area (Å²) in [6.07, 6.45) is 4.81. The Kier molecular flexibility index (Phi) is 5.98. The van der Waals surface area contributed by atoms with Gasteiger partial charge in [0.25, 0.3) is 0 Å². The van der Waals surface area contributed by atoms with Gasteiger partial charge >= 0.3 is 0 Å². The highest BCUT2D eigenvalue weighted by atomic mass is 16.2. The van der Waals surface area contributed by atoms with E-state index in [1.54, 1.807) is 0 Å². The van der Waals surface area contributed by atoms with Crippen LogP contribution in [0.3, 0.4) is 0 Å². The number of amides is 1. The topological polar surface area (TPSA) is 55.5 Å². The number of nitrogens with zero attached hydrogens (tertiary/aromatic N) is 4. The van der Waals surface area contributed by atoms with Gasteiger partial charge in [-0.15, -0.1) is 0 Å². The minimum absolute atomic E-state index is 0.0262. The molecule has 1 aromatic heterocycles. The van der Waals surface area contributed by atoms with Crippen molar-refractivity contribution in [2.45, 2.75) is 25.3 Å². The van der Waals surface area contributed by atoms with Gasteiger partial charge in [-0.2, -0.15) is 0 Å². The van der Waals surface area contributed by atoms with Gasteiger partial charge in [0.2, 0.25) is 5.91 Å². The summed E-state index contributed by atoms with van der Waals surface area (Å²) in [6, 6.07) is 14.8. The lowest BCUT2D eigenvalue weighted by Crippen LogP contribution is -2.50. The number of nitrogens with one attached hydrogen (secondary N) is 1. The Morgan fingerprint density at radius 2 is 1.78 bits per heavy atom. The molecule has 0 spiro atoms. The normalized spacial score (nSPS) is 21.3. The fraction of sp³-hybridized carbons (Fsp3) is 0.462. The average molecular weight is 432 g/mol. The Morgan fingerprint density at radius 3 is 2.59 bits per heavy atom. The zero-order valence-electron chi connectivity index (χ0n) is 19.1. The molecule has 2 saturated heterocycles. The molecule has 6 heteroatoms. The smallest absolute Gasteiger partial charge is 0.223 e. The molecule has 1 N–H and O–H groups in total. The number of likely N-dealkylation sites (N-methyl/N-ethyl adjacent to an activating group) is 1. The van der Waals surface area contributed by atoms with Gasteiger partial charge in [-0.1, -0.05) is 36.4 Å². The molecule has 0 aliphatic carbocycles. The zero-order chi connectivity index (χ0) is 22.1. The lowest BCUT2D eigenvalue weighted by Gasteiger charge is -2.40. The molecule has 0 bridgehead atoms. The number of imidazole rings is 1. The number of piperidine rings is 1. The van der Waals surface area contributed by atoms with E-state index in [4.69, 9.17) is 4.98 Å². The van der Waals surface area contributed by atoms with E-state index >= 15 is 0 Å². The van der Waals surface area contributed by atoms with Crippen LogP contribution in [0.25, 0.3) is 22.0 Å². The highest BCUT2D eigenvalue weighted by Crippen LogP contribution is 2.29. The van der Waals surface area contributed by atoms with Crippen molar-refractivity contribution in [2.24, 2.45) is 5.92 Å². The number of H-pyrrole nitrogens is 1. The van der Waals surface area contributed by atoms with Crippen molar-refractivity contribution in [3.63, 3.8) is 0 Å². The number of rotatable bonds is 4. The number of carbonyl (C=O) groups excluding carboxylic acids is 1. The lowest BCUT2D eigenvalue weighted by atomic mass is 9.93. The second-order valence-electron chi connectivity index (χ2n) is 9.56. The van der Waals surface area contributed by atoms with Gasteiger partial charge in [0.05, 0.1) is 11.9 Å². The molecule has 2 aliphatic rings. The summed E-state index contributed by atoms with van der Waals surface area (Å²) in [5.74, 6) is 1.67. The van der Waals surface area contributed by atoms with Crippen molar-refractivity contribution >= 4 is 16.7 Å². The monoisotopic (exact) mass is 431 g/mol. The first-order valence-corrected chi connectivity index (χ1v) is 11.8. The summed E-state index contributed by atoms with van der Waals surface area (Å²) >= 11 is 0. The standard InChI is InChI=1S/C26H33N5O/c1-29-11-9-19(10-12-29)15-25(32)31-14-13-30(2)18-24(31)26-27-17-23(28-26)22-8-7-20-5-3-4-6-21(20)16-22/h3-8,16-17,19,24H,9-15,18H2,1-2H3,(H,27,28). The van der Waals surface area contributed by atoms with E-state index in [1.165, 1.54) is 10.8 Å². The molecule has 0 saturated carbocycles. The Morgan fingerprint density at radius 1 is 1.00 bits per heavy atom. The van der Waals surface area contributed by atoms with Crippen LogP contribution in [0.5, 0.6) is 0 Å². The molecule has 1 amide bonds. The molecule has 2 fully saturated rings. The summed E-state index contributed by atoms with van der Waals surface area (Å²) in [5.41, 5.74) is 2.12. The molecular formula is C26H33N5O. The molecule has 3 aromatic rings. The second kappa shape index (κ2) is 9.04. The van der Waals surface area contributed by atoms with E-state index in [0.717, 1.165) is 62.6 Å². The summed E-state index contributed by atoms with van der Waals surface area (Å²) < 4.78 is 0. The largest absolute Gasteiger partial charge is 0.340 e. The van der Waals surface area contributed by atoms with E-state index in [9.17, 15) is 4.79 Å². The number of hydrogen-bond donors (Lipinski definition) is 1. The number of aromatic amines is 1. The molecule has 6 nitrogen and oxygen atoms in total. The predicted octanol–water partition coefficient (Wildman–Crippen LogP) is 3.78. The highest BCUT2D eigenvalue weighted by molar-refractivity contribution is 5.86. The van der Waals surface area contributed by atoms with Crippen LogP contribution in [0.1, 0.15) is 31.1 Å². The predicted molar refractivity (Wildman–Crippen MR) is 128 cm³/mol. The van der Waals surface area contributed by atoms with Crippen LogP contribution in [0.2, 0.25) is 0 Å². The third-order valence-electron chi connectivity index (χ3n) is 7.18. The van der Waals surface area contributed by atoms with Crippen LogP contribution in [0.15, 0.2) is 48.7 Å². The number of hydrogen-bond acceptors (Lipinski definition) is 4. The average Bonchev–Trinajstić information content (AvgIpc) is 3.30. The summed E-state index contributed by atoms with van der Waals surface area (Å²) in [6.45, 7) is 4.67. The molecule has 1 atom stereocenters. The van der Waals surface area contributed by atoms with Gasteiger partial charge < -0.3 is 19.7 Å². The van der Waals surface area contributed by atoms with Crippen LogP contribution in [-0.4, -0.2) is 77.4 Å². The molecule has 168 valence electrons. The van der Waals surface area contributed by atoms with Crippen LogP contribution in [0.4, 0.5) is 0 Å². The Hall–Kier alpha value is -2.70. The fourth-order valence-electron chi connectivity index (χ4n) is 5.09. The van der Waals surface area contributed by atoms with E-state index < -0.39 is 0 Å². The number of carbonyl (C=O) groups is 1. The van der Waals surface area contributed by atoms with Crippen LogP contribution in [0, 0.1) is 5.92 Å². The first-order valence-electron chi connectivity index (χ1n) is 11.8. The molecule has 32 heavy (non-hydrogen) atoms. The van der Waals surface area contributed by atoms with Gasteiger partial charge in [0.1, 0.15) is 11.9 Å². The third-order valence-corrected chi connectivity index (χ3v) is 7.18. The van der Waals surface area contributed by atoms with Gasteiger partial charge in [0, 0.05) is 31.6 Å². The SMILES string of the molecule is CN1CCC(CC(=O)N2CCN(C)CC2c2ncc(-c3ccc4ccccc4c3)[nH]2)CC1. The molecule has 2 aliphatic heterocycles. The maximum Gasteiger partial charge on any atom is 0.223 e. The Balaban J connectivity index is 1.35. The van der Waals surface area contributed by atoms with E-state index in [2.05, 4.69) is 76.2 Å². The van der Waals surface area contributed by atoms with Crippen LogP contribution in [-0.2, 0) is 4.79 Å². The number of fused-ring (bicyclic) bond motifs is 1. The zero-order valence-corrected chi connectivity index (χ0v) is 19.1. The maximum atomic E-state index is 13.3. The Labute approximate surface area is 190 Å². The van der Waals surface area contributed by atoms with Gasteiger partial charge in [-0.05, 0) is 62.8 Å². The number of benzene rings is 2. The minimum atomic E-state index is -0.0262. The van der Waals surface area contributed by atoms with Crippen molar-refractivity contribution in [1.29, 1.82) is 0 Å². The molecule has 5 rings (SSSR count). The van der Waals surface area contributed by atoms with Crippen molar-refractivity contribution < 1.29 is 4.79 Å². The first kappa shape index (κ1) is 21.2. The fourth-order valence-corrected chi connectivity index (χ4v) is 5.09. The summed E-state index contributed by atoms with van der Waals surface area (Å²) in [5, 5.41) is 2.45. The van der Waals surface area contributed by atoms with Crippen LogP contribution < -0.4 is 0 Å². The molecular weight excluding hydrogens is 398 g/mol. The number of piperazine rings is 1. The van der Waals surface area contributed by atoms with E-state index in [-0.39, 0.29) is 11.9 Å². The maximum absolute atomic E-state index is 13.3. The minimum Gasteiger partial charge on any atom is -0.340 e. The number of aromatic nitrogens is 2. The van der Waals surface area contributed by atoms with Crippen molar-refractivity contribution in [1.82, 2.24) is 24.7 Å². The van der Waals surface area contributed by atoms with Crippen molar-refractivity contribution in [2.75, 3.05) is 46.8 Å². The lowest BCUT2D eigenvalue weighted by molar-refractivity contribution is -0.137. The van der Waals surface area contributed by atoms with Gasteiger partial charge in [-0.25, -0.2) is 4.98 Å². The van der Waals surface area contributed by atoms with Crippen molar-refractivity contribution in [3.05, 3.63) is 54.5 Å². The summed E-state index contributed by atoms with van der Waals surface area (Å²) in [4.78, 5) is 28.3. The molecule has 2 aromatic carbocycles.